The van der Waals surface area contributed by atoms with E-state index in [2.05, 4.69) is 22.4 Å². The summed E-state index contributed by atoms with van der Waals surface area (Å²) in [5.74, 6) is 0.897. The first kappa shape index (κ1) is 16.1. The molecule has 1 heterocycles. The largest absolute Gasteiger partial charge is 0.497 e. The van der Waals surface area contributed by atoms with Gasteiger partial charge in [-0.25, -0.2) is 0 Å². The Hall–Kier alpha value is -2.75. The maximum absolute atomic E-state index is 12.1. The van der Waals surface area contributed by atoms with E-state index >= 15 is 0 Å². The molecule has 24 heavy (non-hydrogen) atoms. The van der Waals surface area contributed by atoms with E-state index < -0.39 is 0 Å². The van der Waals surface area contributed by atoms with Crippen LogP contribution in [-0.4, -0.2) is 18.0 Å². The Kier molecular flexibility index (Phi) is 4.85. The summed E-state index contributed by atoms with van der Waals surface area (Å²) in [6.45, 7) is 2.59. The number of benzene rings is 2. The summed E-state index contributed by atoms with van der Waals surface area (Å²) in [5, 5.41) is 4.20. The highest BCUT2D eigenvalue weighted by Gasteiger charge is 2.09. The Labute approximate surface area is 141 Å². The van der Waals surface area contributed by atoms with Crippen molar-refractivity contribution in [2.24, 2.45) is 0 Å². The van der Waals surface area contributed by atoms with Crippen LogP contribution in [0.3, 0.4) is 0 Å². The molecule has 0 spiro atoms. The second-order valence-electron chi connectivity index (χ2n) is 5.90. The molecule has 0 saturated heterocycles. The molecule has 0 unspecified atom stereocenters. The van der Waals surface area contributed by atoms with E-state index in [0.717, 1.165) is 34.5 Å². The third kappa shape index (κ3) is 3.59. The van der Waals surface area contributed by atoms with Gasteiger partial charge in [0.2, 0.25) is 5.91 Å². The lowest BCUT2D eigenvalue weighted by Crippen LogP contribution is -2.23. The fourth-order valence-electron chi connectivity index (χ4n) is 2.89. The number of methoxy groups -OCH3 is 1. The number of ether oxygens (including phenoxy) is 1. The van der Waals surface area contributed by atoms with Gasteiger partial charge in [-0.1, -0.05) is 30.3 Å². The molecule has 2 aromatic carbocycles. The van der Waals surface area contributed by atoms with E-state index in [-0.39, 0.29) is 5.91 Å². The molecule has 0 saturated carbocycles. The normalized spacial score (nSPS) is 10.8. The number of fused-ring (bicyclic) bond motifs is 1. The maximum Gasteiger partial charge on any atom is 0.220 e. The van der Waals surface area contributed by atoms with E-state index in [0.29, 0.717) is 13.0 Å². The van der Waals surface area contributed by atoms with Crippen LogP contribution in [-0.2, 0) is 17.8 Å². The van der Waals surface area contributed by atoms with Gasteiger partial charge in [-0.3, -0.25) is 4.79 Å². The van der Waals surface area contributed by atoms with Crippen LogP contribution in [0.25, 0.3) is 10.9 Å². The Balaban J connectivity index is 1.56. The highest BCUT2D eigenvalue weighted by Crippen LogP contribution is 2.21. The first-order chi connectivity index (χ1) is 11.7. The molecule has 2 N–H and O–H groups in total. The number of carbonyl (C=O) groups excluding carboxylic acids is 1. The molecule has 4 nitrogen and oxygen atoms in total. The molecule has 0 aliphatic carbocycles. The number of carbonyl (C=O) groups is 1. The second kappa shape index (κ2) is 7.21. The summed E-state index contributed by atoms with van der Waals surface area (Å²) >= 11 is 0. The predicted octanol–water partition coefficient (Wildman–Crippen LogP) is 3.73. The molecule has 4 heteroatoms. The van der Waals surface area contributed by atoms with Crippen molar-refractivity contribution >= 4 is 16.8 Å². The Morgan fingerprint density at radius 2 is 1.88 bits per heavy atom. The van der Waals surface area contributed by atoms with Crippen molar-refractivity contribution in [2.75, 3.05) is 7.11 Å². The second-order valence-corrected chi connectivity index (χ2v) is 5.90. The molecule has 1 amide bonds. The number of aromatic nitrogens is 1. The Morgan fingerprint density at radius 1 is 1.12 bits per heavy atom. The fraction of sp³-hybridized carbons (Fsp3) is 0.250. The highest BCUT2D eigenvalue weighted by atomic mass is 16.5. The van der Waals surface area contributed by atoms with Gasteiger partial charge >= 0.3 is 0 Å². The van der Waals surface area contributed by atoms with Crippen molar-refractivity contribution in [3.63, 3.8) is 0 Å². The summed E-state index contributed by atoms with van der Waals surface area (Å²) < 4.78 is 5.14. The van der Waals surface area contributed by atoms with Gasteiger partial charge in [-0.05, 0) is 42.7 Å². The van der Waals surface area contributed by atoms with Crippen molar-refractivity contribution in [1.29, 1.82) is 0 Å². The lowest BCUT2D eigenvalue weighted by molar-refractivity contribution is -0.121. The highest BCUT2D eigenvalue weighted by molar-refractivity contribution is 5.85. The monoisotopic (exact) mass is 322 g/mol. The smallest absolute Gasteiger partial charge is 0.220 e. The van der Waals surface area contributed by atoms with Crippen molar-refractivity contribution in [3.8, 4) is 5.75 Å². The average molecular weight is 322 g/mol. The molecule has 1 aromatic heterocycles. The van der Waals surface area contributed by atoms with Crippen LogP contribution in [0.2, 0.25) is 0 Å². The standard InChI is InChI=1S/C20H22N2O2/c1-14-18(17-5-3-4-6-19(17)22-14)13-21-20(23)12-9-15-7-10-16(24-2)11-8-15/h3-8,10-11,22H,9,12-13H2,1-2H3,(H,21,23). The van der Waals surface area contributed by atoms with E-state index in [1.54, 1.807) is 7.11 Å². The van der Waals surface area contributed by atoms with Gasteiger partial charge in [-0.15, -0.1) is 0 Å². The molecule has 0 aliphatic rings. The zero-order valence-electron chi connectivity index (χ0n) is 14.1. The van der Waals surface area contributed by atoms with Gasteiger partial charge in [-0.2, -0.15) is 0 Å². The van der Waals surface area contributed by atoms with Crippen LogP contribution < -0.4 is 10.1 Å². The molecule has 124 valence electrons. The van der Waals surface area contributed by atoms with Crippen LogP contribution in [0.5, 0.6) is 5.75 Å². The summed E-state index contributed by atoms with van der Waals surface area (Å²) in [5.41, 5.74) is 4.50. The topological polar surface area (TPSA) is 54.1 Å². The maximum atomic E-state index is 12.1. The summed E-state index contributed by atoms with van der Waals surface area (Å²) in [6.07, 6.45) is 1.20. The number of nitrogens with one attached hydrogen (secondary N) is 2. The number of H-pyrrole nitrogens is 1. The van der Waals surface area contributed by atoms with Gasteiger partial charge in [0.05, 0.1) is 7.11 Å². The van der Waals surface area contributed by atoms with Gasteiger partial charge < -0.3 is 15.0 Å². The Bertz CT molecular complexity index is 834. The minimum absolute atomic E-state index is 0.0653. The van der Waals surface area contributed by atoms with Gasteiger partial charge in [0, 0.05) is 29.6 Å². The molecule has 0 fully saturated rings. The predicted molar refractivity (Wildman–Crippen MR) is 96.2 cm³/mol. The van der Waals surface area contributed by atoms with Gasteiger partial charge in [0.25, 0.3) is 0 Å². The lowest BCUT2D eigenvalue weighted by Gasteiger charge is -2.07. The number of hydrogen-bond acceptors (Lipinski definition) is 2. The minimum atomic E-state index is 0.0653. The molecule has 3 aromatic rings. The minimum Gasteiger partial charge on any atom is -0.497 e. The number of amides is 1. The molecule has 0 bridgehead atoms. The molecular formula is C20H22N2O2. The number of aryl methyl sites for hydroxylation is 2. The lowest BCUT2D eigenvalue weighted by atomic mass is 10.1. The third-order valence-corrected chi connectivity index (χ3v) is 4.29. The van der Waals surface area contributed by atoms with Crippen molar-refractivity contribution < 1.29 is 9.53 Å². The van der Waals surface area contributed by atoms with Crippen LogP contribution in [0, 0.1) is 6.92 Å². The van der Waals surface area contributed by atoms with Gasteiger partial charge in [0.15, 0.2) is 0 Å². The molecule has 0 radical (unpaired) electrons. The number of rotatable bonds is 6. The zero-order valence-corrected chi connectivity index (χ0v) is 14.1. The number of aromatic amines is 1. The van der Waals surface area contributed by atoms with Crippen LogP contribution in [0.4, 0.5) is 0 Å². The van der Waals surface area contributed by atoms with Crippen LogP contribution in [0.1, 0.15) is 23.2 Å². The molecule has 0 atom stereocenters. The van der Waals surface area contributed by atoms with Crippen molar-refractivity contribution in [2.45, 2.75) is 26.3 Å². The number of para-hydroxylation sites is 1. The van der Waals surface area contributed by atoms with E-state index in [4.69, 9.17) is 4.74 Å². The first-order valence-electron chi connectivity index (χ1n) is 8.13. The quantitative estimate of drug-likeness (QED) is 0.726. The SMILES string of the molecule is COc1ccc(CCC(=O)NCc2c(C)[nH]c3ccccc23)cc1. The van der Waals surface area contributed by atoms with Crippen molar-refractivity contribution in [3.05, 3.63) is 65.4 Å². The molecule has 0 aliphatic heterocycles. The third-order valence-electron chi connectivity index (χ3n) is 4.29. The summed E-state index contributed by atoms with van der Waals surface area (Å²) in [4.78, 5) is 15.5. The van der Waals surface area contributed by atoms with E-state index in [1.165, 1.54) is 5.39 Å². The van der Waals surface area contributed by atoms with Crippen LogP contribution in [0.15, 0.2) is 48.5 Å². The van der Waals surface area contributed by atoms with Crippen molar-refractivity contribution in [1.82, 2.24) is 10.3 Å². The van der Waals surface area contributed by atoms with E-state index in [1.807, 2.05) is 43.3 Å². The van der Waals surface area contributed by atoms with Gasteiger partial charge in [0.1, 0.15) is 5.75 Å². The zero-order chi connectivity index (χ0) is 16.9. The summed E-state index contributed by atoms with van der Waals surface area (Å²) in [6, 6.07) is 16.0. The van der Waals surface area contributed by atoms with Crippen LogP contribution >= 0.6 is 0 Å². The number of hydrogen-bond donors (Lipinski definition) is 2. The first-order valence-corrected chi connectivity index (χ1v) is 8.13. The average Bonchev–Trinajstić information content (AvgIpc) is 2.93. The van der Waals surface area contributed by atoms with E-state index in [9.17, 15) is 4.79 Å². The molecule has 3 rings (SSSR count). The molecular weight excluding hydrogens is 300 g/mol. The fourth-order valence-corrected chi connectivity index (χ4v) is 2.89. The summed E-state index contributed by atoms with van der Waals surface area (Å²) in [7, 11) is 1.65. The Morgan fingerprint density at radius 3 is 2.62 bits per heavy atom.